The van der Waals surface area contributed by atoms with E-state index in [0.717, 1.165) is 13.1 Å². The molecular weight excluding hydrogens is 160 g/mol. The third kappa shape index (κ3) is 14.2. The molecule has 0 fully saturated rings. The fourth-order valence-corrected chi connectivity index (χ4v) is 0.789. The van der Waals surface area contributed by atoms with Gasteiger partial charge in [0.1, 0.15) is 0 Å². The average Bonchev–Trinajstić information content (AvgIpc) is 2.16. The summed E-state index contributed by atoms with van der Waals surface area (Å²) in [6, 6.07) is 0. The van der Waals surface area contributed by atoms with Crippen LogP contribution in [0.2, 0.25) is 0 Å². The molecule has 0 aliphatic carbocycles. The summed E-state index contributed by atoms with van der Waals surface area (Å²) in [6.45, 7) is 13.7. The molecule has 0 rings (SSSR count). The maximum absolute atomic E-state index is 3.68. The van der Waals surface area contributed by atoms with Gasteiger partial charge in [-0.2, -0.15) is 0 Å². The van der Waals surface area contributed by atoms with E-state index < -0.39 is 0 Å². The Bertz CT molecular complexity index is 128. The van der Waals surface area contributed by atoms with Crippen molar-refractivity contribution in [3.63, 3.8) is 0 Å². The van der Waals surface area contributed by atoms with Gasteiger partial charge in [0.2, 0.25) is 0 Å². The first-order valence-corrected chi connectivity index (χ1v) is 5.13. The van der Waals surface area contributed by atoms with Crippen LogP contribution >= 0.6 is 0 Å². The Kier molecular flexibility index (Phi) is 15.9. The van der Waals surface area contributed by atoms with Crippen molar-refractivity contribution >= 4 is 6.72 Å². The van der Waals surface area contributed by atoms with E-state index in [1.807, 2.05) is 20.8 Å². The van der Waals surface area contributed by atoms with E-state index in [0.29, 0.717) is 0 Å². The van der Waals surface area contributed by atoms with Gasteiger partial charge >= 0.3 is 0 Å². The minimum absolute atomic E-state index is 0.930. The smallest absolute Gasteiger partial charge is 0.0262 e. The van der Waals surface area contributed by atoms with E-state index in [4.69, 9.17) is 0 Å². The minimum atomic E-state index is 0.930. The predicted octanol–water partition coefficient (Wildman–Crippen LogP) is 3.01. The number of nitrogens with one attached hydrogen (secondary N) is 1. The Labute approximate surface area is 83.2 Å². The molecule has 0 heterocycles. The van der Waals surface area contributed by atoms with Crippen molar-refractivity contribution in [3.05, 3.63) is 11.8 Å². The first-order valence-electron chi connectivity index (χ1n) is 5.13. The van der Waals surface area contributed by atoms with E-state index in [1.54, 1.807) is 6.20 Å². The molecule has 0 aromatic heterocycles. The molecule has 0 unspecified atom stereocenters. The first-order chi connectivity index (χ1) is 6.31. The van der Waals surface area contributed by atoms with E-state index in [-0.39, 0.29) is 0 Å². The van der Waals surface area contributed by atoms with Gasteiger partial charge in [-0.05, 0) is 32.2 Å². The zero-order chi connectivity index (χ0) is 10.5. The minimum Gasteiger partial charge on any atom is -0.313 e. The van der Waals surface area contributed by atoms with Gasteiger partial charge in [-0.3, -0.25) is 4.99 Å². The molecule has 0 aliphatic rings. The van der Waals surface area contributed by atoms with Gasteiger partial charge < -0.3 is 5.32 Å². The molecule has 0 atom stereocenters. The van der Waals surface area contributed by atoms with Gasteiger partial charge in [-0.25, -0.2) is 0 Å². The standard InChI is InChI=1S/C9H18N2.C2H6/c1-4-5-6-11-8-9(2)7-10-3;1-2/h7,11H,3-6,8H2,1-2H3;1-2H3/b9-7-;. The molecule has 1 N–H and O–H groups in total. The molecule has 0 spiro atoms. The Balaban J connectivity index is 0. The van der Waals surface area contributed by atoms with Gasteiger partial charge in [-0.1, -0.05) is 27.2 Å². The first kappa shape index (κ1) is 14.9. The summed E-state index contributed by atoms with van der Waals surface area (Å²) < 4.78 is 0. The number of nitrogens with zero attached hydrogens (tertiary/aromatic N) is 1. The Hall–Kier alpha value is -0.630. The van der Waals surface area contributed by atoms with Gasteiger partial charge in [0, 0.05) is 12.7 Å². The SMILES string of the molecule is C=N/C=C(/C)CNCCCC.CC. The number of hydrogen-bond acceptors (Lipinski definition) is 2. The van der Waals surface area contributed by atoms with E-state index in [2.05, 4.69) is 24.0 Å². The second kappa shape index (κ2) is 13.9. The average molecular weight is 184 g/mol. The lowest BCUT2D eigenvalue weighted by molar-refractivity contribution is 0.670. The maximum Gasteiger partial charge on any atom is 0.0262 e. The van der Waals surface area contributed by atoms with Crippen LogP contribution in [-0.2, 0) is 0 Å². The second-order valence-electron chi connectivity index (χ2n) is 2.69. The molecule has 78 valence electrons. The largest absolute Gasteiger partial charge is 0.313 e. The highest BCUT2D eigenvalue weighted by atomic mass is 14.8. The summed E-state index contributed by atoms with van der Waals surface area (Å²) in [5.74, 6) is 0. The van der Waals surface area contributed by atoms with Crippen LogP contribution in [0.15, 0.2) is 16.8 Å². The van der Waals surface area contributed by atoms with Crippen LogP contribution in [-0.4, -0.2) is 19.8 Å². The zero-order valence-electron chi connectivity index (χ0n) is 9.56. The highest BCUT2D eigenvalue weighted by Gasteiger charge is 1.87. The van der Waals surface area contributed by atoms with Crippen LogP contribution in [0, 0.1) is 0 Å². The monoisotopic (exact) mass is 184 g/mol. The Morgan fingerprint density at radius 2 is 2.08 bits per heavy atom. The highest BCUT2D eigenvalue weighted by Crippen LogP contribution is 1.90. The number of rotatable bonds is 6. The fraction of sp³-hybridized carbons (Fsp3) is 0.727. The fourth-order valence-electron chi connectivity index (χ4n) is 0.789. The van der Waals surface area contributed by atoms with Crippen molar-refractivity contribution in [1.82, 2.24) is 5.32 Å². The van der Waals surface area contributed by atoms with Crippen molar-refractivity contribution in [1.29, 1.82) is 0 Å². The molecular formula is C11H24N2. The van der Waals surface area contributed by atoms with Gasteiger partial charge in [0.05, 0.1) is 0 Å². The lowest BCUT2D eigenvalue weighted by Crippen LogP contribution is -2.17. The molecule has 13 heavy (non-hydrogen) atoms. The maximum atomic E-state index is 3.68. The molecule has 0 bridgehead atoms. The van der Waals surface area contributed by atoms with Crippen molar-refractivity contribution in [3.8, 4) is 0 Å². The lowest BCUT2D eigenvalue weighted by atomic mass is 10.3. The molecule has 0 aliphatic heterocycles. The third-order valence-corrected chi connectivity index (χ3v) is 1.42. The molecule has 2 nitrogen and oxygen atoms in total. The Morgan fingerprint density at radius 1 is 1.46 bits per heavy atom. The van der Waals surface area contributed by atoms with Gasteiger partial charge in [0.15, 0.2) is 0 Å². The molecule has 0 saturated carbocycles. The summed E-state index contributed by atoms with van der Waals surface area (Å²) >= 11 is 0. The summed E-state index contributed by atoms with van der Waals surface area (Å²) in [4.78, 5) is 3.68. The molecule has 2 heteroatoms. The number of aliphatic imine (C=N–C) groups is 1. The molecule has 0 saturated heterocycles. The van der Waals surface area contributed by atoms with Gasteiger partial charge in [-0.15, -0.1) is 0 Å². The van der Waals surface area contributed by atoms with Crippen LogP contribution in [0.1, 0.15) is 40.5 Å². The lowest BCUT2D eigenvalue weighted by Gasteiger charge is -2.01. The molecule has 0 aromatic carbocycles. The van der Waals surface area contributed by atoms with Crippen LogP contribution in [0.25, 0.3) is 0 Å². The van der Waals surface area contributed by atoms with E-state index in [9.17, 15) is 0 Å². The van der Waals surface area contributed by atoms with E-state index in [1.165, 1.54) is 18.4 Å². The van der Waals surface area contributed by atoms with Gasteiger partial charge in [0.25, 0.3) is 0 Å². The topological polar surface area (TPSA) is 24.4 Å². The molecule has 0 amide bonds. The van der Waals surface area contributed by atoms with Crippen LogP contribution in [0.5, 0.6) is 0 Å². The van der Waals surface area contributed by atoms with Crippen LogP contribution < -0.4 is 5.32 Å². The Morgan fingerprint density at radius 3 is 2.54 bits per heavy atom. The third-order valence-electron chi connectivity index (χ3n) is 1.42. The number of unbranched alkanes of at least 4 members (excludes halogenated alkanes) is 1. The predicted molar refractivity (Wildman–Crippen MR) is 62.4 cm³/mol. The van der Waals surface area contributed by atoms with Crippen molar-refractivity contribution in [2.45, 2.75) is 40.5 Å². The van der Waals surface area contributed by atoms with Crippen molar-refractivity contribution in [2.24, 2.45) is 4.99 Å². The second-order valence-corrected chi connectivity index (χ2v) is 2.69. The van der Waals surface area contributed by atoms with Crippen LogP contribution in [0.3, 0.4) is 0 Å². The number of hydrogen-bond donors (Lipinski definition) is 1. The summed E-state index contributed by atoms with van der Waals surface area (Å²) in [6.07, 6.45) is 4.28. The zero-order valence-corrected chi connectivity index (χ0v) is 9.56. The van der Waals surface area contributed by atoms with Crippen molar-refractivity contribution in [2.75, 3.05) is 13.1 Å². The highest BCUT2D eigenvalue weighted by molar-refractivity contribution is 5.26. The summed E-state index contributed by atoms with van der Waals surface area (Å²) in [5, 5.41) is 3.31. The molecule has 0 radical (unpaired) electrons. The molecule has 0 aromatic rings. The normalized spacial score (nSPS) is 10.3. The van der Waals surface area contributed by atoms with Crippen LogP contribution in [0.4, 0.5) is 0 Å². The summed E-state index contributed by atoms with van der Waals surface area (Å²) in [7, 11) is 0. The van der Waals surface area contributed by atoms with Crippen molar-refractivity contribution < 1.29 is 0 Å². The quantitative estimate of drug-likeness (QED) is 0.498. The summed E-state index contributed by atoms with van der Waals surface area (Å²) in [5.41, 5.74) is 1.23. The van der Waals surface area contributed by atoms with E-state index >= 15 is 0 Å².